The van der Waals surface area contributed by atoms with Crippen LogP contribution in [0.5, 0.6) is 0 Å². The van der Waals surface area contributed by atoms with Crippen molar-refractivity contribution >= 4 is 8.41 Å². The van der Waals surface area contributed by atoms with E-state index in [1.54, 1.807) is 0 Å². The molecular formula is CH6BNNa. The van der Waals surface area contributed by atoms with E-state index in [1.807, 2.05) is 0 Å². The minimum Gasteiger partial charge on any atom is -1.00 e. The normalized spacial score (nSPS) is 1.50. The topological polar surface area (TPSA) is 26.0 Å². The molecule has 0 saturated heterocycles. The molecule has 0 heterocycles. The standard InChI is InChI=1S/CH5N.B.Na.H/c1-2;;;/h2H2,1H3;;;/q;;+1;-1. The molecule has 0 amide bonds. The van der Waals surface area contributed by atoms with Gasteiger partial charge in [0.05, 0.1) is 0 Å². The minimum atomic E-state index is 0. The van der Waals surface area contributed by atoms with Crippen molar-refractivity contribution in [3.8, 4) is 0 Å². The Kier molecular flexibility index (Phi) is 174. The molecule has 0 aliphatic rings. The Morgan fingerprint density at radius 2 is 1.50 bits per heavy atom. The third-order valence-corrected chi connectivity index (χ3v) is 0. The summed E-state index contributed by atoms with van der Waals surface area (Å²) in [6, 6.07) is 0. The summed E-state index contributed by atoms with van der Waals surface area (Å²) in [4.78, 5) is 0. The van der Waals surface area contributed by atoms with Crippen molar-refractivity contribution in [1.82, 2.24) is 0 Å². The molecule has 0 atom stereocenters. The smallest absolute Gasteiger partial charge is 1.00 e. The van der Waals surface area contributed by atoms with Gasteiger partial charge in [-0.05, 0) is 7.05 Å². The average molecular weight is 65.9 g/mol. The molecule has 19 valence electrons. The molecule has 4 heavy (non-hydrogen) atoms. The fourth-order valence-electron chi connectivity index (χ4n) is 0. The molecule has 0 rings (SSSR count). The van der Waals surface area contributed by atoms with Crippen LogP contribution in [-0.4, -0.2) is 15.5 Å². The second-order valence-electron chi connectivity index (χ2n) is 0. The molecule has 0 spiro atoms. The number of hydrogen-bond donors (Lipinski definition) is 1. The van der Waals surface area contributed by atoms with Crippen LogP contribution in [0.3, 0.4) is 0 Å². The van der Waals surface area contributed by atoms with E-state index >= 15 is 0 Å². The molecule has 0 unspecified atom stereocenters. The third kappa shape index (κ3) is 11.8. The number of nitrogens with two attached hydrogens (primary N) is 1. The molecule has 3 heteroatoms. The van der Waals surface area contributed by atoms with E-state index in [0.717, 1.165) is 0 Å². The van der Waals surface area contributed by atoms with Crippen molar-refractivity contribution in [3.63, 3.8) is 0 Å². The summed E-state index contributed by atoms with van der Waals surface area (Å²) in [5, 5.41) is 0. The third-order valence-electron chi connectivity index (χ3n) is 0. The molecular weight excluding hydrogens is 59.8 g/mol. The van der Waals surface area contributed by atoms with Crippen LogP contribution >= 0.6 is 0 Å². The first-order chi connectivity index (χ1) is 1.00. The fourth-order valence-corrected chi connectivity index (χ4v) is 0. The predicted octanol–water partition coefficient (Wildman–Crippen LogP) is -3.69. The van der Waals surface area contributed by atoms with E-state index in [1.165, 1.54) is 7.05 Å². The van der Waals surface area contributed by atoms with E-state index in [4.69, 9.17) is 0 Å². The van der Waals surface area contributed by atoms with E-state index in [2.05, 4.69) is 5.73 Å². The summed E-state index contributed by atoms with van der Waals surface area (Å²) in [6.45, 7) is 0. The zero-order valence-corrected chi connectivity index (χ0v) is 5.15. The van der Waals surface area contributed by atoms with Crippen molar-refractivity contribution in [2.45, 2.75) is 0 Å². The Balaban J connectivity index is -0.00000000167. The van der Waals surface area contributed by atoms with Crippen molar-refractivity contribution in [1.29, 1.82) is 0 Å². The maximum atomic E-state index is 4.50. The van der Waals surface area contributed by atoms with Gasteiger partial charge in [0.1, 0.15) is 0 Å². The summed E-state index contributed by atoms with van der Waals surface area (Å²) in [6.07, 6.45) is 0. The minimum absolute atomic E-state index is 0. The Morgan fingerprint density at radius 3 is 1.50 bits per heavy atom. The average Bonchev–Trinajstić information content (AvgIpc) is 1.00. The van der Waals surface area contributed by atoms with Gasteiger partial charge in [-0.2, -0.15) is 0 Å². The van der Waals surface area contributed by atoms with E-state index < -0.39 is 0 Å². The van der Waals surface area contributed by atoms with Crippen LogP contribution in [0.25, 0.3) is 0 Å². The second-order valence-corrected chi connectivity index (χ2v) is 0. The van der Waals surface area contributed by atoms with Crippen LogP contribution in [0.15, 0.2) is 0 Å². The summed E-state index contributed by atoms with van der Waals surface area (Å²) < 4.78 is 0. The van der Waals surface area contributed by atoms with Crippen LogP contribution in [-0.2, 0) is 0 Å². The van der Waals surface area contributed by atoms with Gasteiger partial charge >= 0.3 is 29.6 Å². The molecule has 2 N–H and O–H groups in total. The molecule has 0 aliphatic carbocycles. The van der Waals surface area contributed by atoms with Crippen LogP contribution in [0.1, 0.15) is 1.43 Å². The number of rotatable bonds is 0. The van der Waals surface area contributed by atoms with Gasteiger partial charge in [0.15, 0.2) is 0 Å². The number of hydrogen-bond acceptors (Lipinski definition) is 1. The summed E-state index contributed by atoms with van der Waals surface area (Å²) in [7, 11) is 1.50. The van der Waals surface area contributed by atoms with Crippen LogP contribution in [0, 0.1) is 0 Å². The SMILES string of the molecule is CN.[B].[H-].[Na+]. The monoisotopic (exact) mass is 66.0 g/mol. The van der Waals surface area contributed by atoms with E-state index in [0.29, 0.717) is 0 Å². The van der Waals surface area contributed by atoms with Crippen LogP contribution in [0.4, 0.5) is 0 Å². The molecule has 0 saturated carbocycles. The Labute approximate surface area is 52.3 Å². The zero-order valence-electron chi connectivity index (χ0n) is 4.15. The molecule has 0 aliphatic heterocycles. The first-order valence-electron chi connectivity index (χ1n) is 0.577. The maximum absolute atomic E-state index is 4.50. The van der Waals surface area contributed by atoms with E-state index in [9.17, 15) is 0 Å². The van der Waals surface area contributed by atoms with Crippen molar-refractivity contribution in [2.24, 2.45) is 5.73 Å². The summed E-state index contributed by atoms with van der Waals surface area (Å²) in [5.41, 5.74) is 4.50. The summed E-state index contributed by atoms with van der Waals surface area (Å²) in [5.74, 6) is 0. The van der Waals surface area contributed by atoms with Crippen LogP contribution in [0.2, 0.25) is 0 Å². The largest absolute Gasteiger partial charge is 1.00 e. The van der Waals surface area contributed by atoms with Crippen LogP contribution < -0.4 is 35.3 Å². The van der Waals surface area contributed by atoms with Gasteiger partial charge in [0, 0.05) is 8.41 Å². The van der Waals surface area contributed by atoms with Crippen molar-refractivity contribution < 1.29 is 31.0 Å². The molecule has 0 bridgehead atoms. The van der Waals surface area contributed by atoms with E-state index in [-0.39, 0.29) is 39.4 Å². The quantitative estimate of drug-likeness (QED) is 0.289. The molecule has 0 aromatic heterocycles. The van der Waals surface area contributed by atoms with Gasteiger partial charge < -0.3 is 7.16 Å². The fraction of sp³-hybridized carbons (Fsp3) is 1.00. The Morgan fingerprint density at radius 1 is 1.50 bits per heavy atom. The zero-order chi connectivity index (χ0) is 2.00. The molecule has 0 aromatic carbocycles. The van der Waals surface area contributed by atoms with Gasteiger partial charge in [-0.1, -0.05) is 0 Å². The molecule has 3 radical (unpaired) electrons. The Bertz CT molecular complexity index is 11.6. The first kappa shape index (κ1) is 19.9. The molecule has 0 fully saturated rings. The Hall–Kier alpha value is 1.02. The molecule has 1 nitrogen and oxygen atoms in total. The first-order valence-corrected chi connectivity index (χ1v) is 0.577. The second kappa shape index (κ2) is 35.1. The molecule has 0 aromatic rings. The van der Waals surface area contributed by atoms with Gasteiger partial charge in [-0.25, -0.2) is 0 Å². The predicted molar refractivity (Wildman–Crippen MR) is 17.0 cm³/mol. The summed E-state index contributed by atoms with van der Waals surface area (Å²) >= 11 is 0. The van der Waals surface area contributed by atoms with Gasteiger partial charge in [0.25, 0.3) is 0 Å². The van der Waals surface area contributed by atoms with Crippen molar-refractivity contribution in [3.05, 3.63) is 0 Å². The maximum Gasteiger partial charge on any atom is 1.00 e. The van der Waals surface area contributed by atoms with Gasteiger partial charge in [0.2, 0.25) is 0 Å². The van der Waals surface area contributed by atoms with Crippen molar-refractivity contribution in [2.75, 3.05) is 7.05 Å². The van der Waals surface area contributed by atoms with Gasteiger partial charge in [-0.3, -0.25) is 0 Å². The van der Waals surface area contributed by atoms with Gasteiger partial charge in [-0.15, -0.1) is 0 Å².